The highest BCUT2D eigenvalue weighted by Crippen LogP contribution is 2.23. The van der Waals surface area contributed by atoms with E-state index in [0.29, 0.717) is 0 Å². The van der Waals surface area contributed by atoms with Gasteiger partial charge < -0.3 is 15.5 Å². The third-order valence-corrected chi connectivity index (χ3v) is 3.53. The first-order valence-corrected chi connectivity index (χ1v) is 6.71. The van der Waals surface area contributed by atoms with Crippen LogP contribution in [0.3, 0.4) is 0 Å². The minimum atomic E-state index is -0.289. The first-order chi connectivity index (χ1) is 8.00. The van der Waals surface area contributed by atoms with E-state index in [4.69, 9.17) is 10.2 Å². The highest BCUT2D eigenvalue weighted by atomic mass is 32.2. The van der Waals surface area contributed by atoms with Crippen LogP contribution in [0.4, 0.5) is 0 Å². The lowest BCUT2D eigenvalue weighted by Crippen LogP contribution is -2.44. The summed E-state index contributed by atoms with van der Waals surface area (Å²) in [5.74, 6) is 1.47. The zero-order chi connectivity index (χ0) is 12.8. The molecule has 96 valence electrons. The van der Waals surface area contributed by atoms with Crippen LogP contribution in [0.1, 0.15) is 26.0 Å². The molecule has 1 rings (SSSR count). The lowest BCUT2D eigenvalue weighted by atomic mass is 10.2. The van der Waals surface area contributed by atoms with E-state index in [1.54, 1.807) is 18.0 Å². The molecule has 0 radical (unpaired) electrons. The Morgan fingerprint density at radius 2 is 2.29 bits per heavy atom. The molecule has 17 heavy (non-hydrogen) atoms. The van der Waals surface area contributed by atoms with Crippen LogP contribution in [-0.2, 0) is 4.79 Å². The summed E-state index contributed by atoms with van der Waals surface area (Å²) >= 11 is 1.69. The van der Waals surface area contributed by atoms with Crippen LogP contribution in [0.2, 0.25) is 0 Å². The quantitative estimate of drug-likeness (QED) is 0.731. The molecular weight excluding hydrogens is 236 g/mol. The fraction of sp³-hybridized carbons (Fsp3) is 0.583. The third kappa shape index (κ3) is 4.83. The van der Waals surface area contributed by atoms with Gasteiger partial charge in [-0.1, -0.05) is 13.8 Å². The van der Waals surface area contributed by atoms with Crippen molar-refractivity contribution in [2.45, 2.75) is 44.2 Å². The van der Waals surface area contributed by atoms with Gasteiger partial charge in [0.05, 0.1) is 12.3 Å². The van der Waals surface area contributed by atoms with Gasteiger partial charge in [-0.2, -0.15) is 0 Å². The molecular formula is C12H20N2O2S. The maximum Gasteiger partial charge on any atom is 0.234 e. The van der Waals surface area contributed by atoms with Gasteiger partial charge in [0.2, 0.25) is 5.91 Å². The van der Waals surface area contributed by atoms with Gasteiger partial charge >= 0.3 is 0 Å². The number of primary amides is 1. The third-order valence-electron chi connectivity index (χ3n) is 2.35. The summed E-state index contributed by atoms with van der Waals surface area (Å²) in [7, 11) is 0. The first-order valence-electron chi connectivity index (χ1n) is 5.73. The van der Waals surface area contributed by atoms with Crippen LogP contribution in [0.15, 0.2) is 21.6 Å². The molecule has 1 aromatic rings. The molecule has 0 saturated carbocycles. The van der Waals surface area contributed by atoms with Crippen molar-refractivity contribution in [2.75, 3.05) is 5.75 Å². The van der Waals surface area contributed by atoms with Crippen LogP contribution in [-0.4, -0.2) is 23.7 Å². The van der Waals surface area contributed by atoms with E-state index in [9.17, 15) is 4.79 Å². The molecule has 1 unspecified atom stereocenters. The number of aryl methyl sites for hydroxylation is 1. The Balaban J connectivity index is 2.37. The number of rotatable bonds is 7. The van der Waals surface area contributed by atoms with Crippen molar-refractivity contribution in [3.63, 3.8) is 0 Å². The molecule has 0 aliphatic rings. The summed E-state index contributed by atoms with van der Waals surface area (Å²) in [4.78, 5) is 12.3. The number of carbonyl (C=O) groups excluding carboxylic acids is 1. The molecule has 1 heterocycles. The Labute approximate surface area is 106 Å². The first kappa shape index (κ1) is 14.1. The summed E-state index contributed by atoms with van der Waals surface area (Å²) in [6, 6.07) is 1.94. The van der Waals surface area contributed by atoms with Crippen LogP contribution in [0.25, 0.3) is 0 Å². The molecule has 0 aliphatic carbocycles. The maximum absolute atomic E-state index is 11.2. The highest BCUT2D eigenvalue weighted by molar-refractivity contribution is 7.99. The lowest BCUT2D eigenvalue weighted by Gasteiger charge is -2.17. The Morgan fingerprint density at radius 1 is 1.59 bits per heavy atom. The Bertz CT molecular complexity index is 363. The van der Waals surface area contributed by atoms with Gasteiger partial charge in [0, 0.05) is 16.7 Å². The number of hydrogen-bond acceptors (Lipinski definition) is 4. The SMILES string of the molecule is Cc1occc1SCCC(NC(C)C)C(N)=O. The maximum atomic E-state index is 11.2. The monoisotopic (exact) mass is 256 g/mol. The molecule has 0 spiro atoms. The molecule has 4 nitrogen and oxygen atoms in total. The summed E-state index contributed by atoms with van der Waals surface area (Å²) in [6.07, 6.45) is 2.40. The number of carbonyl (C=O) groups is 1. The van der Waals surface area contributed by atoms with Crippen molar-refractivity contribution in [1.29, 1.82) is 0 Å². The molecule has 3 N–H and O–H groups in total. The number of nitrogens with two attached hydrogens (primary N) is 1. The normalized spacial score (nSPS) is 12.9. The van der Waals surface area contributed by atoms with E-state index in [2.05, 4.69) is 5.32 Å². The number of furan rings is 1. The van der Waals surface area contributed by atoms with Crippen LogP contribution in [0.5, 0.6) is 0 Å². The van der Waals surface area contributed by atoms with Crippen LogP contribution >= 0.6 is 11.8 Å². The van der Waals surface area contributed by atoms with E-state index in [-0.39, 0.29) is 18.0 Å². The van der Waals surface area contributed by atoms with Crippen molar-refractivity contribution in [3.8, 4) is 0 Å². The van der Waals surface area contributed by atoms with Gasteiger partial charge in [-0.3, -0.25) is 4.79 Å². The molecule has 1 amide bonds. The summed E-state index contributed by atoms with van der Waals surface area (Å²) in [6.45, 7) is 5.94. The summed E-state index contributed by atoms with van der Waals surface area (Å²) in [5.41, 5.74) is 5.35. The molecule has 0 saturated heterocycles. The molecule has 0 bridgehead atoms. The van der Waals surface area contributed by atoms with E-state index >= 15 is 0 Å². The molecule has 1 aromatic heterocycles. The highest BCUT2D eigenvalue weighted by Gasteiger charge is 2.15. The minimum Gasteiger partial charge on any atom is -0.468 e. The number of thioether (sulfide) groups is 1. The number of hydrogen-bond donors (Lipinski definition) is 2. The molecule has 0 aliphatic heterocycles. The Morgan fingerprint density at radius 3 is 2.76 bits per heavy atom. The molecule has 0 aromatic carbocycles. The minimum absolute atomic E-state index is 0.255. The summed E-state index contributed by atoms with van der Waals surface area (Å²) < 4.78 is 5.21. The average Bonchev–Trinajstić information content (AvgIpc) is 2.62. The smallest absolute Gasteiger partial charge is 0.234 e. The predicted molar refractivity (Wildman–Crippen MR) is 70.0 cm³/mol. The van der Waals surface area contributed by atoms with Gasteiger partial charge in [0.15, 0.2) is 0 Å². The van der Waals surface area contributed by atoms with Gasteiger partial charge in [0.1, 0.15) is 5.76 Å². The van der Waals surface area contributed by atoms with Gasteiger partial charge in [0.25, 0.3) is 0 Å². The van der Waals surface area contributed by atoms with Crippen molar-refractivity contribution >= 4 is 17.7 Å². The largest absolute Gasteiger partial charge is 0.468 e. The standard InChI is InChI=1S/C12H20N2O2S/c1-8(2)14-10(12(13)15)5-7-17-11-4-6-16-9(11)3/h4,6,8,10,14H,5,7H2,1-3H3,(H2,13,15). The van der Waals surface area contributed by atoms with Crippen molar-refractivity contribution in [1.82, 2.24) is 5.32 Å². The Hall–Kier alpha value is -0.940. The summed E-state index contributed by atoms with van der Waals surface area (Å²) in [5, 5.41) is 3.16. The average molecular weight is 256 g/mol. The topological polar surface area (TPSA) is 68.3 Å². The number of amides is 1. The van der Waals surface area contributed by atoms with Gasteiger partial charge in [-0.25, -0.2) is 0 Å². The van der Waals surface area contributed by atoms with Crippen LogP contribution in [0, 0.1) is 6.92 Å². The zero-order valence-corrected chi connectivity index (χ0v) is 11.3. The predicted octanol–water partition coefficient (Wildman–Crippen LogP) is 1.92. The fourth-order valence-electron chi connectivity index (χ4n) is 1.52. The van der Waals surface area contributed by atoms with Crippen LogP contribution < -0.4 is 11.1 Å². The lowest BCUT2D eigenvalue weighted by molar-refractivity contribution is -0.120. The van der Waals surface area contributed by atoms with Crippen molar-refractivity contribution in [2.24, 2.45) is 5.73 Å². The van der Waals surface area contributed by atoms with Gasteiger partial charge in [-0.05, 0) is 19.4 Å². The van der Waals surface area contributed by atoms with E-state index in [1.165, 1.54) is 0 Å². The molecule has 0 fully saturated rings. The Kier molecular flexibility index (Phi) is 5.58. The second kappa shape index (κ2) is 6.71. The fourth-order valence-corrected chi connectivity index (χ4v) is 2.50. The van der Waals surface area contributed by atoms with Crippen molar-refractivity contribution < 1.29 is 9.21 Å². The van der Waals surface area contributed by atoms with E-state index in [1.807, 2.05) is 26.8 Å². The van der Waals surface area contributed by atoms with E-state index in [0.717, 1.165) is 22.8 Å². The van der Waals surface area contributed by atoms with Crippen molar-refractivity contribution in [3.05, 3.63) is 18.1 Å². The zero-order valence-electron chi connectivity index (χ0n) is 10.5. The van der Waals surface area contributed by atoms with Gasteiger partial charge in [-0.15, -0.1) is 11.8 Å². The number of nitrogens with one attached hydrogen (secondary N) is 1. The second-order valence-electron chi connectivity index (χ2n) is 4.25. The second-order valence-corrected chi connectivity index (χ2v) is 5.39. The molecule has 5 heteroatoms. The molecule has 1 atom stereocenters. The van der Waals surface area contributed by atoms with E-state index < -0.39 is 0 Å².